The number of nitrogens with zero attached hydrogens (tertiary/aromatic N) is 1. The lowest BCUT2D eigenvalue weighted by atomic mass is 9.93. The van der Waals surface area contributed by atoms with Crippen molar-refractivity contribution in [3.63, 3.8) is 0 Å². The molecule has 0 aliphatic carbocycles. The van der Waals surface area contributed by atoms with Crippen molar-refractivity contribution < 1.29 is 9.59 Å². The lowest BCUT2D eigenvalue weighted by Crippen LogP contribution is -2.39. The van der Waals surface area contributed by atoms with Gasteiger partial charge in [0.2, 0.25) is 11.8 Å². The average Bonchev–Trinajstić information content (AvgIpc) is 2.34. The Kier molecular flexibility index (Phi) is 6.84. The number of hydrogen-bond acceptors (Lipinski definition) is 3. The number of carbonyl (C=O) groups is 2. The number of likely N-dealkylation sites (tertiary alicyclic amines) is 1. The molecule has 2 amide bonds. The van der Waals surface area contributed by atoms with Crippen LogP contribution in [0.2, 0.25) is 0 Å². The third-order valence-electron chi connectivity index (χ3n) is 3.58. The summed E-state index contributed by atoms with van der Waals surface area (Å²) in [6.07, 6.45) is 3.76. The fourth-order valence-electron chi connectivity index (χ4n) is 2.46. The Morgan fingerprint density at radius 3 is 2.47 bits per heavy atom. The normalized spacial score (nSPS) is 16.9. The second-order valence-corrected chi connectivity index (χ2v) is 5.71. The van der Waals surface area contributed by atoms with Gasteiger partial charge in [0, 0.05) is 32.0 Å². The van der Waals surface area contributed by atoms with Crippen LogP contribution in [-0.2, 0) is 9.59 Å². The van der Waals surface area contributed by atoms with E-state index in [4.69, 9.17) is 5.73 Å². The molecule has 5 nitrogen and oxygen atoms in total. The first-order chi connectivity index (χ1) is 8.99. The number of rotatable bonds is 7. The van der Waals surface area contributed by atoms with Crippen LogP contribution in [0.1, 0.15) is 46.0 Å². The van der Waals surface area contributed by atoms with Gasteiger partial charge in [0.15, 0.2) is 0 Å². The van der Waals surface area contributed by atoms with Gasteiger partial charge in [-0.2, -0.15) is 0 Å². The molecule has 1 heterocycles. The zero-order chi connectivity index (χ0) is 14.3. The largest absolute Gasteiger partial charge is 0.370 e. The van der Waals surface area contributed by atoms with Gasteiger partial charge < -0.3 is 16.0 Å². The molecule has 1 rings (SSSR count). The fourth-order valence-corrected chi connectivity index (χ4v) is 2.46. The quantitative estimate of drug-likeness (QED) is 0.674. The monoisotopic (exact) mass is 269 g/mol. The van der Waals surface area contributed by atoms with Crippen LogP contribution in [0.5, 0.6) is 0 Å². The molecule has 5 heteroatoms. The molecule has 0 aromatic rings. The Labute approximate surface area is 115 Å². The van der Waals surface area contributed by atoms with Crippen LogP contribution in [0.3, 0.4) is 0 Å². The van der Waals surface area contributed by atoms with E-state index < -0.39 is 0 Å². The van der Waals surface area contributed by atoms with E-state index in [2.05, 4.69) is 19.2 Å². The van der Waals surface area contributed by atoms with Crippen molar-refractivity contribution in [2.45, 2.75) is 52.0 Å². The molecule has 1 saturated heterocycles. The minimum atomic E-state index is -0.232. The number of amides is 2. The van der Waals surface area contributed by atoms with Crippen LogP contribution >= 0.6 is 0 Å². The second kappa shape index (κ2) is 8.15. The number of hydrogen-bond donors (Lipinski definition) is 2. The highest BCUT2D eigenvalue weighted by Gasteiger charge is 2.23. The topological polar surface area (TPSA) is 75.4 Å². The molecule has 0 aromatic carbocycles. The number of nitrogens with two attached hydrogens (primary N) is 1. The molecule has 1 fully saturated rings. The summed E-state index contributed by atoms with van der Waals surface area (Å²) in [6, 6.07) is 0.472. The molecule has 1 aliphatic heterocycles. The first-order valence-corrected chi connectivity index (χ1v) is 7.28. The van der Waals surface area contributed by atoms with E-state index in [1.165, 1.54) is 0 Å². The smallest absolute Gasteiger partial charge is 0.222 e. The van der Waals surface area contributed by atoms with Gasteiger partial charge in [-0.1, -0.05) is 13.8 Å². The van der Waals surface area contributed by atoms with Crippen molar-refractivity contribution in [2.24, 2.45) is 11.7 Å². The van der Waals surface area contributed by atoms with Crippen LogP contribution in [0.4, 0.5) is 0 Å². The standard InChI is InChI=1S/C14H27N3O2/c1-11(2)16-7-3-4-14(19)17-8-5-12(6-9-17)10-13(15)18/h11-12,16H,3-10H2,1-2H3,(H2,15,18). The number of piperidine rings is 1. The zero-order valence-electron chi connectivity index (χ0n) is 12.2. The Bertz CT molecular complexity index is 297. The molecule has 3 N–H and O–H groups in total. The minimum absolute atomic E-state index is 0.232. The highest BCUT2D eigenvalue weighted by atomic mass is 16.2. The van der Waals surface area contributed by atoms with Gasteiger partial charge in [-0.3, -0.25) is 9.59 Å². The van der Waals surface area contributed by atoms with Crippen molar-refractivity contribution in [3.05, 3.63) is 0 Å². The molecule has 1 aliphatic rings. The lowest BCUT2D eigenvalue weighted by Gasteiger charge is -2.31. The summed E-state index contributed by atoms with van der Waals surface area (Å²) in [5, 5.41) is 3.31. The summed E-state index contributed by atoms with van der Waals surface area (Å²) in [5.41, 5.74) is 5.20. The van der Waals surface area contributed by atoms with Crippen LogP contribution in [0.25, 0.3) is 0 Å². The molecule has 110 valence electrons. The SMILES string of the molecule is CC(C)NCCCC(=O)N1CCC(CC(N)=O)CC1. The van der Waals surface area contributed by atoms with Gasteiger partial charge in [0.05, 0.1) is 0 Å². The van der Waals surface area contributed by atoms with Crippen LogP contribution < -0.4 is 11.1 Å². The molecule has 0 aromatic heterocycles. The summed E-state index contributed by atoms with van der Waals surface area (Å²) < 4.78 is 0. The maximum atomic E-state index is 12.0. The molecule has 0 spiro atoms. The Morgan fingerprint density at radius 2 is 1.95 bits per heavy atom. The highest BCUT2D eigenvalue weighted by molar-refractivity contribution is 5.76. The third-order valence-corrected chi connectivity index (χ3v) is 3.58. The van der Waals surface area contributed by atoms with Crippen molar-refractivity contribution >= 4 is 11.8 Å². The molecule has 0 saturated carbocycles. The third kappa shape index (κ3) is 6.57. The highest BCUT2D eigenvalue weighted by Crippen LogP contribution is 2.20. The Hall–Kier alpha value is -1.10. The zero-order valence-corrected chi connectivity index (χ0v) is 12.2. The molecular formula is C14H27N3O2. The molecule has 0 radical (unpaired) electrons. The average molecular weight is 269 g/mol. The molecule has 19 heavy (non-hydrogen) atoms. The Balaban J connectivity index is 2.16. The molecule has 0 bridgehead atoms. The fraction of sp³-hybridized carbons (Fsp3) is 0.857. The van der Waals surface area contributed by atoms with Crippen molar-refractivity contribution in [1.29, 1.82) is 0 Å². The van der Waals surface area contributed by atoms with E-state index in [1.807, 2.05) is 4.90 Å². The van der Waals surface area contributed by atoms with E-state index in [1.54, 1.807) is 0 Å². The minimum Gasteiger partial charge on any atom is -0.370 e. The van der Waals surface area contributed by atoms with Gasteiger partial charge in [-0.25, -0.2) is 0 Å². The predicted octanol–water partition coefficient (Wildman–Crippen LogP) is 0.879. The number of primary amides is 1. The molecular weight excluding hydrogens is 242 g/mol. The first kappa shape index (κ1) is 16.0. The van der Waals surface area contributed by atoms with Gasteiger partial charge >= 0.3 is 0 Å². The summed E-state index contributed by atoms with van der Waals surface area (Å²) in [6.45, 7) is 6.64. The van der Waals surface area contributed by atoms with Crippen LogP contribution in [0, 0.1) is 5.92 Å². The summed E-state index contributed by atoms with van der Waals surface area (Å²) in [4.78, 5) is 24.7. The van der Waals surface area contributed by atoms with E-state index in [0.717, 1.165) is 38.9 Å². The molecule has 0 atom stereocenters. The van der Waals surface area contributed by atoms with Gasteiger partial charge in [0.25, 0.3) is 0 Å². The van der Waals surface area contributed by atoms with E-state index >= 15 is 0 Å². The van der Waals surface area contributed by atoms with Gasteiger partial charge in [-0.15, -0.1) is 0 Å². The van der Waals surface area contributed by atoms with Crippen molar-refractivity contribution in [2.75, 3.05) is 19.6 Å². The number of nitrogens with one attached hydrogen (secondary N) is 1. The summed E-state index contributed by atoms with van der Waals surface area (Å²) in [7, 11) is 0. The second-order valence-electron chi connectivity index (χ2n) is 5.71. The lowest BCUT2D eigenvalue weighted by molar-refractivity contribution is -0.132. The van der Waals surface area contributed by atoms with Crippen molar-refractivity contribution in [1.82, 2.24) is 10.2 Å². The summed E-state index contributed by atoms with van der Waals surface area (Å²) in [5.74, 6) is 0.372. The van der Waals surface area contributed by atoms with Gasteiger partial charge in [0.1, 0.15) is 0 Å². The number of carbonyl (C=O) groups excluding carboxylic acids is 2. The van der Waals surface area contributed by atoms with Crippen LogP contribution in [-0.4, -0.2) is 42.4 Å². The van der Waals surface area contributed by atoms with Crippen LogP contribution in [0.15, 0.2) is 0 Å². The van der Waals surface area contributed by atoms with E-state index in [0.29, 0.717) is 24.8 Å². The maximum Gasteiger partial charge on any atom is 0.222 e. The van der Waals surface area contributed by atoms with Crippen molar-refractivity contribution in [3.8, 4) is 0 Å². The van der Waals surface area contributed by atoms with E-state index in [-0.39, 0.29) is 11.8 Å². The first-order valence-electron chi connectivity index (χ1n) is 7.28. The summed E-state index contributed by atoms with van der Waals surface area (Å²) >= 11 is 0. The predicted molar refractivity (Wildman–Crippen MR) is 75.5 cm³/mol. The van der Waals surface area contributed by atoms with Gasteiger partial charge in [-0.05, 0) is 31.7 Å². The maximum absolute atomic E-state index is 12.0. The van der Waals surface area contributed by atoms with E-state index in [9.17, 15) is 9.59 Å². The molecule has 0 unspecified atom stereocenters. The Morgan fingerprint density at radius 1 is 1.32 bits per heavy atom.